The molecule has 2 rings (SSSR count). The minimum absolute atomic E-state index is 0.365. The van der Waals surface area contributed by atoms with Crippen LogP contribution in [0, 0.1) is 0 Å². The number of anilines is 2. The van der Waals surface area contributed by atoms with Gasteiger partial charge in [0.2, 0.25) is 0 Å². The van der Waals surface area contributed by atoms with Gasteiger partial charge >= 0.3 is 6.18 Å². The topological polar surface area (TPSA) is 34.1 Å². The summed E-state index contributed by atoms with van der Waals surface area (Å²) in [5, 5.41) is 2.90. The second-order valence-electron chi connectivity index (χ2n) is 4.38. The van der Waals surface area contributed by atoms with Crippen LogP contribution in [0.3, 0.4) is 0 Å². The molecule has 6 heteroatoms. The van der Waals surface area contributed by atoms with Crippen molar-refractivity contribution in [2.45, 2.75) is 19.7 Å². The van der Waals surface area contributed by atoms with E-state index < -0.39 is 11.7 Å². The number of pyridine rings is 1. The number of ether oxygens (including phenoxy) is 1. The molecule has 0 bridgehead atoms. The van der Waals surface area contributed by atoms with Crippen LogP contribution in [0.2, 0.25) is 0 Å². The summed E-state index contributed by atoms with van der Waals surface area (Å²) >= 11 is 0. The first kappa shape index (κ1) is 15.3. The summed E-state index contributed by atoms with van der Waals surface area (Å²) in [6.07, 6.45) is -2.79. The number of rotatable bonds is 5. The predicted octanol–water partition coefficient (Wildman–Crippen LogP) is 4.38. The van der Waals surface area contributed by atoms with Gasteiger partial charge in [0.15, 0.2) is 0 Å². The summed E-state index contributed by atoms with van der Waals surface area (Å²) in [6.45, 7) is 2.91. The number of benzene rings is 1. The van der Waals surface area contributed by atoms with Gasteiger partial charge in [0.25, 0.3) is 0 Å². The molecule has 2 aromatic rings. The first-order valence-electron chi connectivity index (χ1n) is 6.46. The lowest BCUT2D eigenvalue weighted by atomic mass is 10.2. The first-order chi connectivity index (χ1) is 9.99. The monoisotopic (exact) mass is 296 g/mol. The highest BCUT2D eigenvalue weighted by Gasteiger charge is 2.30. The van der Waals surface area contributed by atoms with Crippen LogP contribution in [0.4, 0.5) is 24.5 Å². The third-order valence-corrected chi connectivity index (χ3v) is 2.76. The van der Waals surface area contributed by atoms with Gasteiger partial charge in [-0.25, -0.2) is 0 Å². The van der Waals surface area contributed by atoms with Crippen LogP contribution in [0.15, 0.2) is 42.6 Å². The van der Waals surface area contributed by atoms with E-state index in [4.69, 9.17) is 4.74 Å². The summed E-state index contributed by atoms with van der Waals surface area (Å²) in [6, 6.07) is 8.56. The van der Waals surface area contributed by atoms with Gasteiger partial charge in [-0.05, 0) is 37.3 Å². The highest BCUT2D eigenvalue weighted by atomic mass is 19.4. The zero-order chi connectivity index (χ0) is 15.3. The Balaban J connectivity index is 2.08. The molecule has 0 aliphatic carbocycles. The van der Waals surface area contributed by atoms with E-state index in [0.29, 0.717) is 24.6 Å². The van der Waals surface area contributed by atoms with Crippen molar-refractivity contribution in [2.75, 3.05) is 11.9 Å². The Hall–Kier alpha value is -2.08. The van der Waals surface area contributed by atoms with Crippen LogP contribution in [0.25, 0.3) is 0 Å². The number of hydrogen-bond donors (Lipinski definition) is 1. The van der Waals surface area contributed by atoms with Crippen molar-refractivity contribution >= 4 is 11.4 Å². The predicted molar refractivity (Wildman–Crippen MR) is 74.3 cm³/mol. The van der Waals surface area contributed by atoms with E-state index in [1.165, 1.54) is 6.07 Å². The summed E-state index contributed by atoms with van der Waals surface area (Å²) in [5.74, 6) is 0. The summed E-state index contributed by atoms with van der Waals surface area (Å²) < 4.78 is 43.1. The molecule has 0 spiro atoms. The van der Waals surface area contributed by atoms with Crippen molar-refractivity contribution in [3.63, 3.8) is 0 Å². The van der Waals surface area contributed by atoms with Crippen LogP contribution >= 0.6 is 0 Å². The van der Waals surface area contributed by atoms with E-state index in [1.54, 1.807) is 24.4 Å². The van der Waals surface area contributed by atoms with E-state index in [0.717, 1.165) is 17.8 Å². The number of aromatic nitrogens is 1. The Bertz CT molecular complexity index is 582. The second-order valence-corrected chi connectivity index (χ2v) is 4.38. The molecule has 3 nitrogen and oxygen atoms in total. The number of nitrogens with one attached hydrogen (secondary N) is 1. The molecule has 0 radical (unpaired) electrons. The fourth-order valence-corrected chi connectivity index (χ4v) is 1.73. The lowest BCUT2D eigenvalue weighted by molar-refractivity contribution is -0.137. The Morgan fingerprint density at radius 1 is 1.14 bits per heavy atom. The fraction of sp³-hybridized carbons (Fsp3) is 0.267. The van der Waals surface area contributed by atoms with Gasteiger partial charge in [-0.1, -0.05) is 6.07 Å². The molecule has 1 N–H and O–H groups in total. The molecule has 0 aliphatic rings. The maximum atomic E-state index is 12.6. The van der Waals surface area contributed by atoms with Gasteiger partial charge in [-0.3, -0.25) is 4.98 Å². The van der Waals surface area contributed by atoms with Gasteiger partial charge in [0, 0.05) is 12.3 Å². The maximum Gasteiger partial charge on any atom is 0.416 e. The smallest absolute Gasteiger partial charge is 0.375 e. The van der Waals surface area contributed by atoms with Gasteiger partial charge in [-0.2, -0.15) is 13.2 Å². The number of hydrogen-bond acceptors (Lipinski definition) is 3. The molecule has 1 aromatic carbocycles. The standard InChI is InChI=1S/C15H15F3N2O/c1-2-21-10-14-7-6-13(9-19-14)20-12-5-3-4-11(8-12)15(16,17)18/h3-9,20H,2,10H2,1H3. The average molecular weight is 296 g/mol. The number of halogens is 3. The van der Waals surface area contributed by atoms with Gasteiger partial charge in [0.05, 0.1) is 29.7 Å². The lowest BCUT2D eigenvalue weighted by Crippen LogP contribution is -2.05. The molecule has 0 unspecified atom stereocenters. The largest absolute Gasteiger partial charge is 0.416 e. The lowest BCUT2D eigenvalue weighted by Gasteiger charge is -2.10. The fourth-order valence-electron chi connectivity index (χ4n) is 1.73. The molecule has 1 aromatic heterocycles. The minimum atomic E-state index is -4.35. The van der Waals surface area contributed by atoms with Gasteiger partial charge in [0.1, 0.15) is 0 Å². The molecule has 0 atom stereocenters. The molecule has 112 valence electrons. The molecule has 0 fully saturated rings. The van der Waals surface area contributed by atoms with Crippen LogP contribution < -0.4 is 5.32 Å². The zero-order valence-electron chi connectivity index (χ0n) is 11.4. The van der Waals surface area contributed by atoms with Crippen molar-refractivity contribution in [1.82, 2.24) is 4.98 Å². The quantitative estimate of drug-likeness (QED) is 0.889. The van der Waals surface area contributed by atoms with Gasteiger partial charge in [-0.15, -0.1) is 0 Å². The maximum absolute atomic E-state index is 12.6. The van der Waals surface area contributed by atoms with Crippen LogP contribution in [0.5, 0.6) is 0 Å². The van der Waals surface area contributed by atoms with Crippen molar-refractivity contribution in [2.24, 2.45) is 0 Å². The van der Waals surface area contributed by atoms with Crippen molar-refractivity contribution in [3.8, 4) is 0 Å². The third-order valence-electron chi connectivity index (χ3n) is 2.76. The Kier molecular flexibility index (Phi) is 4.80. The molecule has 0 amide bonds. The van der Waals surface area contributed by atoms with Crippen LogP contribution in [-0.4, -0.2) is 11.6 Å². The van der Waals surface area contributed by atoms with E-state index in [1.807, 2.05) is 6.92 Å². The normalized spacial score (nSPS) is 11.4. The van der Waals surface area contributed by atoms with Crippen molar-refractivity contribution in [3.05, 3.63) is 53.9 Å². The molecule has 21 heavy (non-hydrogen) atoms. The third kappa shape index (κ3) is 4.46. The summed E-state index contributed by atoms with van der Waals surface area (Å²) in [7, 11) is 0. The molecule has 0 aliphatic heterocycles. The van der Waals surface area contributed by atoms with E-state index in [9.17, 15) is 13.2 Å². The number of alkyl halides is 3. The summed E-state index contributed by atoms with van der Waals surface area (Å²) in [4.78, 5) is 4.17. The SMILES string of the molecule is CCOCc1ccc(Nc2cccc(C(F)(F)F)c2)cn1. The summed E-state index contributed by atoms with van der Waals surface area (Å²) in [5.41, 5.74) is 1.07. The molecular formula is C15H15F3N2O. The first-order valence-corrected chi connectivity index (χ1v) is 6.46. The Labute approximate surface area is 120 Å². The van der Waals surface area contributed by atoms with Crippen LogP contribution in [0.1, 0.15) is 18.2 Å². The molecular weight excluding hydrogens is 281 g/mol. The molecule has 0 saturated carbocycles. The van der Waals surface area contributed by atoms with Crippen LogP contribution in [-0.2, 0) is 17.5 Å². The molecule has 1 heterocycles. The Morgan fingerprint density at radius 2 is 1.95 bits per heavy atom. The second kappa shape index (κ2) is 6.58. The van der Waals surface area contributed by atoms with Crippen molar-refractivity contribution < 1.29 is 17.9 Å². The van der Waals surface area contributed by atoms with Crippen molar-refractivity contribution in [1.29, 1.82) is 0 Å². The van der Waals surface area contributed by atoms with E-state index >= 15 is 0 Å². The number of nitrogens with zero attached hydrogens (tertiary/aromatic N) is 1. The Morgan fingerprint density at radius 3 is 2.57 bits per heavy atom. The minimum Gasteiger partial charge on any atom is -0.375 e. The molecule has 0 saturated heterocycles. The van der Waals surface area contributed by atoms with E-state index in [-0.39, 0.29) is 0 Å². The zero-order valence-corrected chi connectivity index (χ0v) is 11.4. The van der Waals surface area contributed by atoms with E-state index in [2.05, 4.69) is 10.3 Å². The highest BCUT2D eigenvalue weighted by molar-refractivity contribution is 5.59. The highest BCUT2D eigenvalue weighted by Crippen LogP contribution is 2.31. The average Bonchev–Trinajstić information content (AvgIpc) is 2.46. The van der Waals surface area contributed by atoms with Gasteiger partial charge < -0.3 is 10.1 Å².